The monoisotopic (exact) mass is 351 g/mol. The van der Waals surface area contributed by atoms with Crippen molar-refractivity contribution in [1.82, 2.24) is 0 Å². The molecule has 0 unspecified atom stereocenters. The summed E-state index contributed by atoms with van der Waals surface area (Å²) in [6.07, 6.45) is 0. The third kappa shape index (κ3) is 3.09. The summed E-state index contributed by atoms with van der Waals surface area (Å²) in [5, 5.41) is 8.98. The predicted molar refractivity (Wildman–Crippen MR) is 73.1 cm³/mol. The van der Waals surface area contributed by atoms with Crippen LogP contribution in [0.25, 0.3) is 0 Å². The van der Waals surface area contributed by atoms with Crippen molar-refractivity contribution < 1.29 is 4.74 Å². The summed E-state index contributed by atoms with van der Waals surface area (Å²) in [7, 11) is 0. The van der Waals surface area contributed by atoms with E-state index in [2.05, 4.69) is 37.9 Å². The molecule has 0 saturated carbocycles. The maximum Gasteiger partial charge on any atom is 0.146 e. The SMILES string of the molecule is N#Cc1ccc(Br)cc1Oc1ccc(Br)cc1. The number of ether oxygens (including phenoxy) is 1. The maximum absolute atomic E-state index is 8.98. The number of halogens is 2. The number of rotatable bonds is 2. The van der Waals surface area contributed by atoms with Crippen LogP contribution in [0.3, 0.4) is 0 Å². The number of benzene rings is 2. The lowest BCUT2D eigenvalue weighted by molar-refractivity contribution is 0.480. The molecule has 0 saturated heterocycles. The first kappa shape index (κ1) is 12.2. The average Bonchev–Trinajstić information content (AvgIpc) is 2.32. The first-order valence-electron chi connectivity index (χ1n) is 4.82. The van der Waals surface area contributed by atoms with Crippen molar-refractivity contribution in [2.24, 2.45) is 0 Å². The zero-order valence-electron chi connectivity index (χ0n) is 8.65. The lowest BCUT2D eigenvalue weighted by Gasteiger charge is -2.07. The van der Waals surface area contributed by atoms with Gasteiger partial charge in [0.05, 0.1) is 5.56 Å². The van der Waals surface area contributed by atoms with E-state index in [0.29, 0.717) is 17.1 Å². The Labute approximate surface area is 116 Å². The molecule has 0 N–H and O–H groups in total. The highest BCUT2D eigenvalue weighted by atomic mass is 79.9. The molecule has 2 aromatic carbocycles. The van der Waals surface area contributed by atoms with Crippen molar-refractivity contribution in [3.05, 3.63) is 57.0 Å². The summed E-state index contributed by atoms with van der Waals surface area (Å²) < 4.78 is 7.53. The lowest BCUT2D eigenvalue weighted by atomic mass is 10.2. The Morgan fingerprint density at radius 3 is 2.24 bits per heavy atom. The normalized spacial score (nSPS) is 9.71. The highest BCUT2D eigenvalue weighted by molar-refractivity contribution is 9.10. The van der Waals surface area contributed by atoms with E-state index in [0.717, 1.165) is 8.95 Å². The smallest absolute Gasteiger partial charge is 0.146 e. The predicted octanol–water partition coefficient (Wildman–Crippen LogP) is 4.88. The summed E-state index contributed by atoms with van der Waals surface area (Å²) in [6.45, 7) is 0. The molecule has 0 aliphatic carbocycles. The first-order chi connectivity index (χ1) is 8.19. The molecule has 0 aliphatic rings. The topological polar surface area (TPSA) is 33.0 Å². The second-order valence-corrected chi connectivity index (χ2v) is 5.14. The van der Waals surface area contributed by atoms with Gasteiger partial charge in [-0.3, -0.25) is 0 Å². The van der Waals surface area contributed by atoms with Crippen LogP contribution in [0.1, 0.15) is 5.56 Å². The van der Waals surface area contributed by atoms with Gasteiger partial charge in [-0.05, 0) is 42.5 Å². The van der Waals surface area contributed by atoms with Crippen LogP contribution in [0.15, 0.2) is 51.4 Å². The van der Waals surface area contributed by atoms with Crippen molar-refractivity contribution in [2.75, 3.05) is 0 Å². The fourth-order valence-electron chi connectivity index (χ4n) is 1.30. The van der Waals surface area contributed by atoms with Gasteiger partial charge in [-0.15, -0.1) is 0 Å². The minimum absolute atomic E-state index is 0.510. The van der Waals surface area contributed by atoms with E-state index in [1.165, 1.54) is 0 Å². The second kappa shape index (κ2) is 5.35. The molecule has 0 fully saturated rings. The van der Waals surface area contributed by atoms with Crippen LogP contribution in [-0.4, -0.2) is 0 Å². The summed E-state index contributed by atoms with van der Waals surface area (Å²) >= 11 is 6.71. The number of hydrogen-bond donors (Lipinski definition) is 0. The van der Waals surface area contributed by atoms with Crippen molar-refractivity contribution in [3.8, 4) is 17.6 Å². The Morgan fingerprint density at radius 2 is 1.59 bits per heavy atom. The van der Waals surface area contributed by atoms with Crippen molar-refractivity contribution in [1.29, 1.82) is 5.26 Å². The van der Waals surface area contributed by atoms with E-state index in [9.17, 15) is 0 Å². The molecule has 17 heavy (non-hydrogen) atoms. The van der Waals surface area contributed by atoms with Gasteiger partial charge in [-0.2, -0.15) is 5.26 Å². The third-order valence-electron chi connectivity index (χ3n) is 2.11. The van der Waals surface area contributed by atoms with Crippen molar-refractivity contribution >= 4 is 31.9 Å². The van der Waals surface area contributed by atoms with Gasteiger partial charge in [0.2, 0.25) is 0 Å². The van der Waals surface area contributed by atoms with Gasteiger partial charge in [-0.1, -0.05) is 31.9 Å². The van der Waals surface area contributed by atoms with E-state index < -0.39 is 0 Å². The molecule has 2 nitrogen and oxygen atoms in total. The van der Waals surface area contributed by atoms with Crippen molar-refractivity contribution in [3.63, 3.8) is 0 Å². The standard InChI is InChI=1S/C13H7Br2NO/c14-10-3-5-12(6-4-10)17-13-7-11(15)2-1-9(13)8-16/h1-7H. The molecular weight excluding hydrogens is 346 g/mol. The van der Waals surface area contributed by atoms with Crippen LogP contribution in [0.5, 0.6) is 11.5 Å². The van der Waals surface area contributed by atoms with Crippen molar-refractivity contribution in [2.45, 2.75) is 0 Å². The van der Waals surface area contributed by atoms with Crippen LogP contribution in [-0.2, 0) is 0 Å². The zero-order chi connectivity index (χ0) is 12.3. The molecule has 0 radical (unpaired) electrons. The number of hydrogen-bond acceptors (Lipinski definition) is 2. The van der Waals surface area contributed by atoms with Crippen LogP contribution in [0.4, 0.5) is 0 Å². The highest BCUT2D eigenvalue weighted by Crippen LogP contribution is 2.28. The van der Waals surface area contributed by atoms with Crippen LogP contribution >= 0.6 is 31.9 Å². The molecule has 0 aliphatic heterocycles. The molecule has 0 heterocycles. The molecule has 2 aromatic rings. The largest absolute Gasteiger partial charge is 0.456 e. The minimum Gasteiger partial charge on any atom is -0.456 e. The molecule has 0 aromatic heterocycles. The number of nitriles is 1. The van der Waals surface area contributed by atoms with Crippen LogP contribution < -0.4 is 4.74 Å². The van der Waals surface area contributed by atoms with E-state index in [4.69, 9.17) is 10.00 Å². The Balaban J connectivity index is 2.32. The Morgan fingerprint density at radius 1 is 0.941 bits per heavy atom. The summed E-state index contributed by atoms with van der Waals surface area (Å²) in [4.78, 5) is 0. The van der Waals surface area contributed by atoms with Crippen LogP contribution in [0.2, 0.25) is 0 Å². The van der Waals surface area contributed by atoms with Gasteiger partial charge in [0.25, 0.3) is 0 Å². The van der Waals surface area contributed by atoms with Gasteiger partial charge in [0.15, 0.2) is 0 Å². The zero-order valence-corrected chi connectivity index (χ0v) is 11.8. The molecule has 0 amide bonds. The third-order valence-corrected chi connectivity index (χ3v) is 3.13. The molecule has 0 spiro atoms. The van der Waals surface area contributed by atoms with E-state index in [-0.39, 0.29) is 0 Å². The van der Waals surface area contributed by atoms with E-state index in [1.54, 1.807) is 12.1 Å². The first-order valence-corrected chi connectivity index (χ1v) is 6.41. The fourth-order valence-corrected chi connectivity index (χ4v) is 1.91. The second-order valence-electron chi connectivity index (χ2n) is 3.31. The highest BCUT2D eigenvalue weighted by Gasteiger charge is 2.05. The molecular formula is C13H7Br2NO. The average molecular weight is 353 g/mol. The summed E-state index contributed by atoms with van der Waals surface area (Å²) in [6, 6.07) is 14.9. The molecule has 84 valence electrons. The van der Waals surface area contributed by atoms with Gasteiger partial charge in [0, 0.05) is 8.95 Å². The molecule has 2 rings (SSSR count). The molecule has 4 heteroatoms. The van der Waals surface area contributed by atoms with Crippen LogP contribution in [0, 0.1) is 11.3 Å². The van der Waals surface area contributed by atoms with Gasteiger partial charge >= 0.3 is 0 Å². The fraction of sp³-hybridized carbons (Fsp3) is 0. The van der Waals surface area contributed by atoms with Gasteiger partial charge in [0.1, 0.15) is 17.6 Å². The maximum atomic E-state index is 8.98. The quantitative estimate of drug-likeness (QED) is 0.771. The minimum atomic E-state index is 0.510. The number of nitrogens with zero attached hydrogens (tertiary/aromatic N) is 1. The van der Waals surface area contributed by atoms with Gasteiger partial charge < -0.3 is 4.74 Å². The van der Waals surface area contributed by atoms with E-state index >= 15 is 0 Å². The Hall–Kier alpha value is -1.31. The van der Waals surface area contributed by atoms with E-state index in [1.807, 2.05) is 30.3 Å². The molecule has 0 bridgehead atoms. The summed E-state index contributed by atoms with van der Waals surface area (Å²) in [5.41, 5.74) is 0.510. The lowest BCUT2D eigenvalue weighted by Crippen LogP contribution is -1.88. The Bertz CT molecular complexity index is 573. The Kier molecular flexibility index (Phi) is 3.82. The van der Waals surface area contributed by atoms with Gasteiger partial charge in [-0.25, -0.2) is 0 Å². The summed E-state index contributed by atoms with van der Waals surface area (Å²) in [5.74, 6) is 1.24. The molecule has 0 atom stereocenters.